The highest BCUT2D eigenvalue weighted by Crippen LogP contribution is 2.54. The van der Waals surface area contributed by atoms with E-state index in [0.29, 0.717) is 11.7 Å². The normalized spacial score (nSPS) is 14.6. The van der Waals surface area contributed by atoms with E-state index in [1.807, 2.05) is 6.92 Å². The van der Waals surface area contributed by atoms with Crippen LogP contribution in [0.4, 0.5) is 13.2 Å². The Hall–Kier alpha value is -1.58. The molecule has 2 unspecified atom stereocenters. The number of aryl methyl sites for hydroxylation is 1. The summed E-state index contributed by atoms with van der Waals surface area (Å²) in [6, 6.07) is 10.2. The maximum absolute atomic E-state index is 13.9. The van der Waals surface area contributed by atoms with Crippen LogP contribution < -0.4 is 10.0 Å². The molecule has 2 aromatic carbocycles. The largest absolute Gasteiger partial charge is 0.467 e. The molecule has 2 nitrogen and oxygen atoms in total. The minimum Gasteiger partial charge on any atom is -0.467 e. The van der Waals surface area contributed by atoms with E-state index in [4.69, 9.17) is 9.47 Å². The lowest BCUT2D eigenvalue weighted by Crippen LogP contribution is -2.28. The third kappa shape index (κ3) is 6.73. The topological polar surface area (TPSA) is 18.5 Å². The van der Waals surface area contributed by atoms with Gasteiger partial charge < -0.3 is 9.47 Å². The number of unbranched alkanes of at least 4 members (excludes halogenated alkanes) is 1. The van der Waals surface area contributed by atoms with Crippen molar-refractivity contribution >= 4 is 13.9 Å². The zero-order valence-electron chi connectivity index (χ0n) is 21.0. The Morgan fingerprint density at radius 3 is 2.12 bits per heavy atom. The Balaban J connectivity index is 2.81. The van der Waals surface area contributed by atoms with Crippen molar-refractivity contribution in [2.24, 2.45) is 0 Å². The van der Waals surface area contributed by atoms with Crippen molar-refractivity contribution in [3.8, 4) is 5.75 Å². The van der Waals surface area contributed by atoms with E-state index in [1.54, 1.807) is 19.2 Å². The van der Waals surface area contributed by atoms with Crippen LogP contribution in [0, 0.1) is 6.92 Å². The first-order valence-electron chi connectivity index (χ1n) is 11.6. The molecule has 0 N–H and O–H groups in total. The fourth-order valence-corrected chi connectivity index (χ4v) is 6.11. The van der Waals surface area contributed by atoms with Crippen LogP contribution in [0.15, 0.2) is 36.4 Å². The molecule has 0 bridgehead atoms. The average Bonchev–Trinajstić information content (AvgIpc) is 2.74. The zero-order valence-corrected chi connectivity index (χ0v) is 22.0. The quantitative estimate of drug-likeness (QED) is 0.252. The highest BCUT2D eigenvalue weighted by atomic mass is 31.1. The van der Waals surface area contributed by atoms with E-state index in [-0.39, 0.29) is 20.8 Å². The lowest BCUT2D eigenvalue weighted by atomic mass is 9.80. The summed E-state index contributed by atoms with van der Waals surface area (Å²) < 4.78 is 53.0. The monoisotopic (exact) mass is 482 g/mol. The molecule has 33 heavy (non-hydrogen) atoms. The van der Waals surface area contributed by atoms with E-state index < -0.39 is 16.9 Å². The first-order valence-corrected chi connectivity index (χ1v) is 12.6. The van der Waals surface area contributed by atoms with Crippen molar-refractivity contribution in [2.75, 3.05) is 13.9 Å². The van der Waals surface area contributed by atoms with E-state index in [1.165, 1.54) is 12.1 Å². The molecule has 0 saturated heterocycles. The molecular formula is C27H38F3O2P. The second-order valence-corrected chi connectivity index (χ2v) is 11.4. The van der Waals surface area contributed by atoms with Gasteiger partial charge in [0.25, 0.3) is 0 Å². The zero-order chi connectivity index (χ0) is 24.9. The number of methoxy groups -OCH3 is 1. The average molecular weight is 483 g/mol. The molecule has 0 aliphatic rings. The van der Waals surface area contributed by atoms with Gasteiger partial charge in [0.15, 0.2) is 6.79 Å². The second kappa shape index (κ2) is 11.2. The van der Waals surface area contributed by atoms with Gasteiger partial charge in [0.2, 0.25) is 0 Å². The van der Waals surface area contributed by atoms with Crippen LogP contribution in [-0.4, -0.2) is 13.9 Å². The van der Waals surface area contributed by atoms with Gasteiger partial charge in [-0.15, -0.1) is 0 Å². The molecule has 2 aromatic rings. The molecule has 0 radical (unpaired) electrons. The Labute approximate surface area is 199 Å². The van der Waals surface area contributed by atoms with Crippen LogP contribution >= 0.6 is 8.58 Å². The van der Waals surface area contributed by atoms with Crippen LogP contribution in [0.3, 0.4) is 0 Å². The smallest absolute Gasteiger partial charge is 0.417 e. The lowest BCUT2D eigenvalue weighted by molar-refractivity contribution is -0.136. The predicted octanol–water partition coefficient (Wildman–Crippen LogP) is 8.09. The summed E-state index contributed by atoms with van der Waals surface area (Å²) in [7, 11) is 1.54. The van der Waals surface area contributed by atoms with E-state index in [2.05, 4.69) is 46.8 Å². The minimum absolute atomic E-state index is 0.0376. The highest BCUT2D eigenvalue weighted by Gasteiger charge is 2.39. The second-order valence-electron chi connectivity index (χ2n) is 9.70. The van der Waals surface area contributed by atoms with E-state index >= 15 is 0 Å². The molecule has 0 spiro atoms. The summed E-state index contributed by atoms with van der Waals surface area (Å²) in [5.74, 6) is 0.755. The standard InChI is InChI=1S/C27H38F3O2P/c1-8-10-15-26(9-2,33-23-14-12-11-13-20(23)27(28,29)30)22-17-19(3)16-21(25(4,5)6)24(22)32-18-31-7/h11-14,16-17,33H,8-10,15,18H2,1-7H3. The van der Waals surface area contributed by atoms with E-state index in [0.717, 1.165) is 41.7 Å². The summed E-state index contributed by atoms with van der Waals surface area (Å²) in [6.07, 6.45) is -0.974. The maximum atomic E-state index is 13.9. The summed E-state index contributed by atoms with van der Waals surface area (Å²) >= 11 is 0. The highest BCUT2D eigenvalue weighted by molar-refractivity contribution is 7.48. The Bertz CT molecular complexity index is 919. The summed E-state index contributed by atoms with van der Waals surface area (Å²) in [5, 5.41) is -0.105. The Morgan fingerprint density at radius 1 is 0.939 bits per heavy atom. The molecule has 0 saturated carbocycles. The van der Waals surface area contributed by atoms with Gasteiger partial charge in [0, 0.05) is 23.4 Å². The van der Waals surface area contributed by atoms with Crippen molar-refractivity contribution in [1.82, 2.24) is 0 Å². The van der Waals surface area contributed by atoms with Gasteiger partial charge in [-0.1, -0.05) is 91.9 Å². The molecule has 0 aliphatic carbocycles. The SMILES string of the molecule is CCCCC(CC)(Pc1ccccc1C(F)(F)F)c1cc(C)cc(C(C)(C)C)c1OCOC. The van der Waals surface area contributed by atoms with Gasteiger partial charge in [0.05, 0.1) is 5.56 Å². The fraction of sp³-hybridized carbons (Fsp3) is 0.556. The number of ether oxygens (including phenoxy) is 2. The van der Waals surface area contributed by atoms with Crippen LogP contribution in [-0.2, 0) is 21.5 Å². The van der Waals surface area contributed by atoms with Gasteiger partial charge in [-0.2, -0.15) is 13.2 Å². The molecule has 2 rings (SSSR count). The molecule has 0 amide bonds. The van der Waals surface area contributed by atoms with Gasteiger partial charge in [-0.25, -0.2) is 0 Å². The molecule has 2 atom stereocenters. The third-order valence-corrected chi connectivity index (χ3v) is 8.10. The van der Waals surface area contributed by atoms with Crippen molar-refractivity contribution in [2.45, 2.75) is 84.0 Å². The number of hydrogen-bond donors (Lipinski definition) is 0. The van der Waals surface area contributed by atoms with Gasteiger partial charge in [-0.3, -0.25) is 0 Å². The predicted molar refractivity (Wildman–Crippen MR) is 133 cm³/mol. The maximum Gasteiger partial charge on any atom is 0.417 e. The molecular weight excluding hydrogens is 444 g/mol. The molecule has 184 valence electrons. The number of rotatable bonds is 10. The van der Waals surface area contributed by atoms with Crippen LogP contribution in [0.25, 0.3) is 0 Å². The lowest BCUT2D eigenvalue weighted by Gasteiger charge is -2.38. The first-order chi connectivity index (χ1) is 15.4. The number of alkyl halides is 3. The number of halogens is 3. The van der Waals surface area contributed by atoms with Crippen molar-refractivity contribution in [1.29, 1.82) is 0 Å². The molecule has 0 aromatic heterocycles. The molecule has 0 aliphatic heterocycles. The molecule has 0 fully saturated rings. The van der Waals surface area contributed by atoms with Gasteiger partial charge >= 0.3 is 6.18 Å². The number of hydrogen-bond acceptors (Lipinski definition) is 2. The third-order valence-electron chi connectivity index (χ3n) is 6.05. The van der Waals surface area contributed by atoms with Crippen molar-refractivity contribution in [3.63, 3.8) is 0 Å². The summed E-state index contributed by atoms with van der Waals surface area (Å²) in [6.45, 7) is 12.7. The number of benzene rings is 2. The first kappa shape index (κ1) is 27.7. The molecule has 0 heterocycles. The Morgan fingerprint density at radius 2 is 1.58 bits per heavy atom. The molecule has 6 heteroatoms. The Kier molecular flexibility index (Phi) is 9.41. The summed E-state index contributed by atoms with van der Waals surface area (Å²) in [5.41, 5.74) is 2.40. The van der Waals surface area contributed by atoms with Crippen LogP contribution in [0.2, 0.25) is 0 Å². The van der Waals surface area contributed by atoms with Crippen LogP contribution in [0.5, 0.6) is 5.75 Å². The van der Waals surface area contributed by atoms with E-state index in [9.17, 15) is 13.2 Å². The van der Waals surface area contributed by atoms with Crippen LogP contribution in [0.1, 0.15) is 82.6 Å². The van der Waals surface area contributed by atoms with Gasteiger partial charge in [-0.05, 0) is 36.6 Å². The minimum atomic E-state index is -4.38. The summed E-state index contributed by atoms with van der Waals surface area (Å²) in [4.78, 5) is 0. The van der Waals surface area contributed by atoms with Crippen molar-refractivity contribution in [3.05, 3.63) is 58.7 Å². The fourth-order valence-electron chi connectivity index (χ4n) is 4.25. The van der Waals surface area contributed by atoms with Crippen molar-refractivity contribution < 1.29 is 22.6 Å². The van der Waals surface area contributed by atoms with Gasteiger partial charge in [0.1, 0.15) is 5.75 Å².